The largest absolute Gasteiger partial charge is 0.352 e. The predicted molar refractivity (Wildman–Crippen MR) is 113 cm³/mol. The second kappa shape index (κ2) is 9.53. The third-order valence-electron chi connectivity index (χ3n) is 4.50. The number of carbonyl (C=O) groups excluding carboxylic acids is 1. The lowest BCUT2D eigenvalue weighted by atomic mass is 10.1. The maximum absolute atomic E-state index is 13.1. The summed E-state index contributed by atoms with van der Waals surface area (Å²) in [6, 6.07) is 12.0. The molecular formula is C21H23FN4O3S. The van der Waals surface area contributed by atoms with Gasteiger partial charge in [-0.2, -0.15) is 0 Å². The summed E-state index contributed by atoms with van der Waals surface area (Å²) in [5, 5.41) is 2.85. The molecule has 158 valence electrons. The topological polar surface area (TPSA) is 84.3 Å². The molecule has 3 aromatic rings. The van der Waals surface area contributed by atoms with E-state index in [-0.39, 0.29) is 18.3 Å². The van der Waals surface area contributed by atoms with E-state index in [1.165, 1.54) is 16.4 Å². The number of carbonyl (C=O) groups is 1. The first-order valence-electron chi connectivity index (χ1n) is 9.39. The van der Waals surface area contributed by atoms with Gasteiger partial charge in [-0.15, -0.1) is 0 Å². The van der Waals surface area contributed by atoms with Gasteiger partial charge in [-0.25, -0.2) is 17.8 Å². The van der Waals surface area contributed by atoms with Crippen LogP contribution in [0.15, 0.2) is 67.3 Å². The molecule has 0 saturated heterocycles. The molecule has 0 fully saturated rings. The molecule has 0 atom stereocenters. The number of halogens is 1. The number of rotatable bonds is 9. The lowest BCUT2D eigenvalue weighted by Crippen LogP contribution is -2.29. The van der Waals surface area contributed by atoms with Gasteiger partial charge in [0.2, 0.25) is 10.0 Å². The van der Waals surface area contributed by atoms with Crippen molar-refractivity contribution in [3.8, 4) is 0 Å². The van der Waals surface area contributed by atoms with Crippen LogP contribution in [-0.4, -0.2) is 36.7 Å². The summed E-state index contributed by atoms with van der Waals surface area (Å²) in [7, 11) is -3.57. The minimum atomic E-state index is -3.57. The van der Waals surface area contributed by atoms with Crippen LogP contribution in [-0.2, 0) is 23.1 Å². The molecule has 0 bridgehead atoms. The Morgan fingerprint density at radius 2 is 1.83 bits per heavy atom. The number of aryl methyl sites for hydroxylation is 1. The van der Waals surface area contributed by atoms with E-state index in [1.807, 2.05) is 10.8 Å². The SMILES string of the molecule is CS(=O)(=O)N(Cc1ccc(F)cc1)c1ccc(C(=O)NCCCn2ccnc2)cc1. The zero-order valence-corrected chi connectivity index (χ0v) is 17.3. The third-order valence-corrected chi connectivity index (χ3v) is 5.64. The van der Waals surface area contributed by atoms with Gasteiger partial charge in [-0.05, 0) is 48.4 Å². The van der Waals surface area contributed by atoms with E-state index < -0.39 is 10.0 Å². The van der Waals surface area contributed by atoms with Crippen molar-refractivity contribution in [3.63, 3.8) is 0 Å². The van der Waals surface area contributed by atoms with Crippen LogP contribution in [0.4, 0.5) is 10.1 Å². The minimum Gasteiger partial charge on any atom is -0.352 e. The van der Waals surface area contributed by atoms with Crippen LogP contribution in [0.1, 0.15) is 22.3 Å². The summed E-state index contributed by atoms with van der Waals surface area (Å²) in [5.74, 6) is -0.610. The van der Waals surface area contributed by atoms with Crippen LogP contribution in [0.3, 0.4) is 0 Å². The highest BCUT2D eigenvalue weighted by Crippen LogP contribution is 2.21. The lowest BCUT2D eigenvalue weighted by Gasteiger charge is -2.22. The van der Waals surface area contributed by atoms with Crippen molar-refractivity contribution in [2.45, 2.75) is 19.5 Å². The maximum Gasteiger partial charge on any atom is 0.251 e. The van der Waals surface area contributed by atoms with E-state index >= 15 is 0 Å². The molecule has 7 nitrogen and oxygen atoms in total. The van der Waals surface area contributed by atoms with E-state index in [0.717, 1.165) is 19.2 Å². The van der Waals surface area contributed by atoms with Crippen LogP contribution in [0.25, 0.3) is 0 Å². The summed E-state index contributed by atoms with van der Waals surface area (Å²) >= 11 is 0. The summed E-state index contributed by atoms with van der Waals surface area (Å²) < 4.78 is 40.8. The molecule has 1 aromatic heterocycles. The first kappa shape index (κ1) is 21.5. The number of hydrogen-bond donors (Lipinski definition) is 1. The molecule has 1 heterocycles. The quantitative estimate of drug-likeness (QED) is 0.529. The van der Waals surface area contributed by atoms with Gasteiger partial charge < -0.3 is 9.88 Å². The molecule has 0 radical (unpaired) electrons. The highest BCUT2D eigenvalue weighted by atomic mass is 32.2. The van der Waals surface area contributed by atoms with Crippen molar-refractivity contribution in [2.24, 2.45) is 0 Å². The van der Waals surface area contributed by atoms with Crippen LogP contribution in [0.5, 0.6) is 0 Å². The second-order valence-electron chi connectivity index (χ2n) is 6.85. The number of sulfonamides is 1. The van der Waals surface area contributed by atoms with Gasteiger partial charge in [-0.1, -0.05) is 12.1 Å². The standard InChI is InChI=1S/C21H23FN4O3S/c1-30(28,29)26(15-17-3-7-19(22)8-4-17)20-9-5-18(6-10-20)21(27)24-11-2-13-25-14-12-23-16-25/h3-10,12,14,16H,2,11,13,15H2,1H3,(H,24,27). The first-order chi connectivity index (χ1) is 14.3. The number of benzene rings is 2. The maximum atomic E-state index is 13.1. The van der Waals surface area contributed by atoms with E-state index in [9.17, 15) is 17.6 Å². The molecule has 0 unspecified atom stereocenters. The third kappa shape index (κ3) is 5.90. The van der Waals surface area contributed by atoms with E-state index in [1.54, 1.807) is 48.9 Å². The highest BCUT2D eigenvalue weighted by Gasteiger charge is 2.18. The Hall–Kier alpha value is -3.20. The molecule has 0 aliphatic carbocycles. The molecule has 3 rings (SSSR count). The van der Waals surface area contributed by atoms with Gasteiger partial charge in [0.05, 0.1) is 24.8 Å². The van der Waals surface area contributed by atoms with Gasteiger partial charge in [0.15, 0.2) is 0 Å². The summed E-state index contributed by atoms with van der Waals surface area (Å²) in [4.78, 5) is 16.3. The van der Waals surface area contributed by atoms with Crippen molar-refractivity contribution in [2.75, 3.05) is 17.1 Å². The average molecular weight is 431 g/mol. The van der Waals surface area contributed by atoms with Crippen LogP contribution in [0.2, 0.25) is 0 Å². The normalized spacial score (nSPS) is 11.3. The number of hydrogen-bond acceptors (Lipinski definition) is 4. The van der Waals surface area contributed by atoms with Crippen molar-refractivity contribution < 1.29 is 17.6 Å². The zero-order chi connectivity index (χ0) is 21.6. The number of amides is 1. The Kier molecular flexibility index (Phi) is 6.83. The van der Waals surface area contributed by atoms with Crippen LogP contribution >= 0.6 is 0 Å². The highest BCUT2D eigenvalue weighted by molar-refractivity contribution is 7.92. The number of imidazole rings is 1. The molecule has 2 aromatic carbocycles. The Morgan fingerprint density at radius 3 is 2.43 bits per heavy atom. The fraction of sp³-hybridized carbons (Fsp3) is 0.238. The molecular weight excluding hydrogens is 407 g/mol. The second-order valence-corrected chi connectivity index (χ2v) is 8.76. The van der Waals surface area contributed by atoms with Crippen molar-refractivity contribution in [1.29, 1.82) is 0 Å². The number of nitrogens with zero attached hydrogens (tertiary/aromatic N) is 3. The molecule has 0 aliphatic rings. The van der Waals surface area contributed by atoms with Crippen LogP contribution in [0, 0.1) is 5.82 Å². The summed E-state index contributed by atoms with van der Waals surface area (Å²) in [6.07, 6.45) is 7.16. The van der Waals surface area contributed by atoms with Gasteiger partial charge >= 0.3 is 0 Å². The lowest BCUT2D eigenvalue weighted by molar-refractivity contribution is 0.0952. The average Bonchev–Trinajstić information content (AvgIpc) is 3.23. The number of nitrogens with one attached hydrogen (secondary N) is 1. The smallest absolute Gasteiger partial charge is 0.251 e. The van der Waals surface area contributed by atoms with Crippen molar-refractivity contribution in [1.82, 2.24) is 14.9 Å². The Bertz CT molecular complexity index is 1070. The molecule has 0 saturated carbocycles. The molecule has 30 heavy (non-hydrogen) atoms. The predicted octanol–water partition coefficient (Wildman–Crippen LogP) is 2.81. The molecule has 0 aliphatic heterocycles. The fourth-order valence-electron chi connectivity index (χ4n) is 2.92. The zero-order valence-electron chi connectivity index (χ0n) is 16.5. The molecule has 1 N–H and O–H groups in total. The molecule has 0 spiro atoms. The molecule has 1 amide bonds. The van der Waals surface area contributed by atoms with Crippen LogP contribution < -0.4 is 9.62 Å². The first-order valence-corrected chi connectivity index (χ1v) is 11.2. The minimum absolute atomic E-state index is 0.0684. The van der Waals surface area contributed by atoms with Gasteiger partial charge in [0, 0.05) is 31.0 Å². The summed E-state index contributed by atoms with van der Waals surface area (Å²) in [5.41, 5.74) is 1.52. The number of aromatic nitrogens is 2. The number of anilines is 1. The monoisotopic (exact) mass is 430 g/mol. The fourth-order valence-corrected chi connectivity index (χ4v) is 3.81. The Balaban J connectivity index is 1.62. The van der Waals surface area contributed by atoms with Gasteiger partial charge in [-0.3, -0.25) is 9.10 Å². The van der Waals surface area contributed by atoms with Crippen molar-refractivity contribution >= 4 is 21.6 Å². The Morgan fingerprint density at radius 1 is 1.13 bits per heavy atom. The van der Waals surface area contributed by atoms with Gasteiger partial charge in [0.25, 0.3) is 5.91 Å². The van der Waals surface area contributed by atoms with E-state index in [4.69, 9.17) is 0 Å². The summed E-state index contributed by atoms with van der Waals surface area (Å²) in [6.45, 7) is 1.34. The van der Waals surface area contributed by atoms with E-state index in [2.05, 4.69) is 10.3 Å². The van der Waals surface area contributed by atoms with Gasteiger partial charge in [0.1, 0.15) is 5.82 Å². The van der Waals surface area contributed by atoms with E-state index in [0.29, 0.717) is 23.4 Å². The Labute approximate surface area is 175 Å². The van der Waals surface area contributed by atoms with Crippen molar-refractivity contribution in [3.05, 3.63) is 84.2 Å². The molecule has 9 heteroatoms.